The molecule has 0 spiro atoms. The van der Waals surface area contributed by atoms with E-state index in [0.29, 0.717) is 5.92 Å². The van der Waals surface area contributed by atoms with E-state index in [4.69, 9.17) is 9.47 Å². The lowest BCUT2D eigenvalue weighted by atomic mass is 9.80. The first-order chi connectivity index (χ1) is 12.3. The topological polar surface area (TPSA) is 49.3 Å². The number of rotatable bonds is 5. The van der Waals surface area contributed by atoms with Gasteiger partial charge in [0, 0.05) is 58.3 Å². The molecule has 1 saturated carbocycles. The van der Waals surface area contributed by atoms with Gasteiger partial charge >= 0.3 is 0 Å². The molecular formula is C19H36N4O2. The molecule has 3 rings (SSSR count). The van der Waals surface area contributed by atoms with Gasteiger partial charge in [-0.15, -0.1) is 0 Å². The number of ether oxygens (including phenoxy) is 2. The molecule has 0 aromatic rings. The van der Waals surface area contributed by atoms with Crippen molar-refractivity contribution >= 4 is 5.96 Å². The molecule has 0 radical (unpaired) electrons. The Bertz CT molecular complexity index is 431. The van der Waals surface area contributed by atoms with Gasteiger partial charge in [0.2, 0.25) is 0 Å². The Hall–Kier alpha value is -0.850. The van der Waals surface area contributed by atoms with Gasteiger partial charge in [0.15, 0.2) is 5.96 Å². The summed E-state index contributed by atoms with van der Waals surface area (Å²) in [7, 11) is 3.71. The smallest absolute Gasteiger partial charge is 0.193 e. The molecule has 0 aromatic carbocycles. The molecule has 2 aliphatic heterocycles. The number of aliphatic imine (C=N–C) groups is 1. The molecule has 2 heterocycles. The average molecular weight is 353 g/mol. The lowest BCUT2D eigenvalue weighted by molar-refractivity contribution is -0.0354. The van der Waals surface area contributed by atoms with Gasteiger partial charge in [0.25, 0.3) is 0 Å². The van der Waals surface area contributed by atoms with Gasteiger partial charge in [-0.2, -0.15) is 0 Å². The SMILES string of the molecule is CN=C(NCC1(N2CCOCC2)CCCCC1)N1CCC(COC)C1. The van der Waals surface area contributed by atoms with Crippen LogP contribution in [0, 0.1) is 5.92 Å². The van der Waals surface area contributed by atoms with Gasteiger partial charge in [-0.1, -0.05) is 19.3 Å². The molecule has 3 fully saturated rings. The van der Waals surface area contributed by atoms with Gasteiger partial charge in [0.1, 0.15) is 0 Å². The molecule has 144 valence electrons. The zero-order valence-corrected chi connectivity index (χ0v) is 16.1. The maximum atomic E-state index is 5.59. The van der Waals surface area contributed by atoms with Gasteiger partial charge in [0.05, 0.1) is 19.8 Å². The summed E-state index contributed by atoms with van der Waals surface area (Å²) in [5, 5.41) is 3.73. The first kappa shape index (κ1) is 18.9. The monoisotopic (exact) mass is 352 g/mol. The fourth-order valence-electron chi connectivity index (χ4n) is 4.83. The minimum atomic E-state index is 0.281. The first-order valence-electron chi connectivity index (χ1n) is 10.0. The number of hydrogen-bond donors (Lipinski definition) is 1. The van der Waals surface area contributed by atoms with Crippen molar-refractivity contribution in [3.8, 4) is 0 Å². The number of methoxy groups -OCH3 is 1. The number of nitrogens with one attached hydrogen (secondary N) is 1. The molecule has 1 atom stereocenters. The van der Waals surface area contributed by atoms with E-state index in [1.807, 2.05) is 7.05 Å². The Balaban J connectivity index is 1.59. The second-order valence-electron chi connectivity index (χ2n) is 7.84. The fourth-order valence-corrected chi connectivity index (χ4v) is 4.83. The van der Waals surface area contributed by atoms with Crippen LogP contribution in [0.15, 0.2) is 4.99 Å². The zero-order chi connectivity index (χ0) is 17.5. The van der Waals surface area contributed by atoms with Crippen molar-refractivity contribution < 1.29 is 9.47 Å². The summed E-state index contributed by atoms with van der Waals surface area (Å²) in [6.45, 7) is 7.88. The predicted molar refractivity (Wildman–Crippen MR) is 101 cm³/mol. The van der Waals surface area contributed by atoms with E-state index in [-0.39, 0.29) is 5.54 Å². The van der Waals surface area contributed by atoms with Crippen molar-refractivity contribution in [2.24, 2.45) is 10.9 Å². The molecule has 0 bridgehead atoms. The number of hydrogen-bond acceptors (Lipinski definition) is 4. The highest BCUT2D eigenvalue weighted by Gasteiger charge is 2.39. The van der Waals surface area contributed by atoms with E-state index >= 15 is 0 Å². The molecule has 0 amide bonds. The Labute approximate surface area is 152 Å². The number of likely N-dealkylation sites (tertiary alicyclic amines) is 1. The molecular weight excluding hydrogens is 316 g/mol. The van der Waals surface area contributed by atoms with Crippen LogP contribution in [-0.2, 0) is 9.47 Å². The highest BCUT2D eigenvalue weighted by atomic mass is 16.5. The fraction of sp³-hybridized carbons (Fsp3) is 0.947. The molecule has 2 saturated heterocycles. The quantitative estimate of drug-likeness (QED) is 0.601. The second-order valence-corrected chi connectivity index (χ2v) is 7.84. The third-order valence-electron chi connectivity index (χ3n) is 6.24. The summed E-state index contributed by atoms with van der Waals surface area (Å²) in [5.74, 6) is 1.70. The van der Waals surface area contributed by atoms with Gasteiger partial charge in [-0.3, -0.25) is 9.89 Å². The summed E-state index contributed by atoms with van der Waals surface area (Å²) in [6, 6.07) is 0. The van der Waals surface area contributed by atoms with Crippen LogP contribution in [0.5, 0.6) is 0 Å². The van der Waals surface area contributed by atoms with Crippen LogP contribution < -0.4 is 5.32 Å². The van der Waals surface area contributed by atoms with Gasteiger partial charge < -0.3 is 19.7 Å². The van der Waals surface area contributed by atoms with Crippen molar-refractivity contribution in [2.45, 2.75) is 44.1 Å². The van der Waals surface area contributed by atoms with E-state index in [9.17, 15) is 0 Å². The van der Waals surface area contributed by atoms with Crippen molar-refractivity contribution in [3.63, 3.8) is 0 Å². The summed E-state index contributed by atoms with van der Waals surface area (Å²) < 4.78 is 10.9. The van der Waals surface area contributed by atoms with E-state index in [2.05, 4.69) is 20.1 Å². The standard InChI is InChI=1S/C19H36N4O2/c1-20-18(22-9-6-17(14-22)15-24-2)21-16-19(7-4-3-5-8-19)23-10-12-25-13-11-23/h17H,3-16H2,1-2H3,(H,20,21). The lowest BCUT2D eigenvalue weighted by Crippen LogP contribution is -2.60. The van der Waals surface area contributed by atoms with Crippen LogP contribution in [0.4, 0.5) is 0 Å². The highest BCUT2D eigenvalue weighted by molar-refractivity contribution is 5.80. The van der Waals surface area contributed by atoms with Crippen molar-refractivity contribution in [1.29, 1.82) is 0 Å². The van der Waals surface area contributed by atoms with E-state index < -0.39 is 0 Å². The van der Waals surface area contributed by atoms with Gasteiger partial charge in [-0.05, 0) is 19.3 Å². The number of morpholine rings is 1. The Morgan fingerprint density at radius 2 is 1.96 bits per heavy atom. The molecule has 1 N–H and O–H groups in total. The molecule has 0 aromatic heterocycles. The first-order valence-corrected chi connectivity index (χ1v) is 10.0. The third-order valence-corrected chi connectivity index (χ3v) is 6.24. The molecule has 6 nitrogen and oxygen atoms in total. The summed E-state index contributed by atoms with van der Waals surface area (Å²) in [5.41, 5.74) is 0.281. The second kappa shape index (κ2) is 9.19. The molecule has 25 heavy (non-hydrogen) atoms. The Kier molecular flexibility index (Phi) is 6.96. The van der Waals surface area contributed by atoms with E-state index in [0.717, 1.165) is 58.5 Å². The predicted octanol–water partition coefficient (Wildman–Crippen LogP) is 1.57. The van der Waals surface area contributed by atoms with Crippen LogP contribution in [0.3, 0.4) is 0 Å². The Morgan fingerprint density at radius 1 is 1.20 bits per heavy atom. The van der Waals surface area contributed by atoms with Crippen molar-refractivity contribution in [3.05, 3.63) is 0 Å². The van der Waals surface area contributed by atoms with Crippen LogP contribution in [-0.4, -0.2) is 88.0 Å². The summed E-state index contributed by atoms with van der Waals surface area (Å²) in [6.07, 6.45) is 7.86. The molecule has 3 aliphatic rings. The van der Waals surface area contributed by atoms with Crippen molar-refractivity contribution in [2.75, 3.05) is 66.7 Å². The van der Waals surface area contributed by atoms with Crippen LogP contribution in [0.2, 0.25) is 0 Å². The van der Waals surface area contributed by atoms with Gasteiger partial charge in [-0.25, -0.2) is 0 Å². The lowest BCUT2D eigenvalue weighted by Gasteiger charge is -2.48. The normalized spacial score (nSPS) is 28.3. The minimum Gasteiger partial charge on any atom is -0.384 e. The maximum absolute atomic E-state index is 5.59. The minimum absolute atomic E-state index is 0.281. The number of guanidine groups is 1. The Morgan fingerprint density at radius 3 is 2.64 bits per heavy atom. The van der Waals surface area contributed by atoms with Crippen LogP contribution >= 0.6 is 0 Å². The number of nitrogens with zero attached hydrogens (tertiary/aromatic N) is 3. The average Bonchev–Trinajstić information content (AvgIpc) is 3.12. The summed E-state index contributed by atoms with van der Waals surface area (Å²) >= 11 is 0. The van der Waals surface area contributed by atoms with Crippen LogP contribution in [0.25, 0.3) is 0 Å². The molecule has 1 aliphatic carbocycles. The largest absolute Gasteiger partial charge is 0.384 e. The molecule has 6 heteroatoms. The summed E-state index contributed by atoms with van der Waals surface area (Å²) in [4.78, 5) is 9.66. The van der Waals surface area contributed by atoms with E-state index in [1.165, 1.54) is 38.5 Å². The van der Waals surface area contributed by atoms with Crippen LogP contribution in [0.1, 0.15) is 38.5 Å². The van der Waals surface area contributed by atoms with Crippen molar-refractivity contribution in [1.82, 2.24) is 15.1 Å². The highest BCUT2D eigenvalue weighted by Crippen LogP contribution is 2.34. The third kappa shape index (κ3) is 4.66. The maximum Gasteiger partial charge on any atom is 0.193 e. The van der Waals surface area contributed by atoms with E-state index in [1.54, 1.807) is 7.11 Å². The molecule has 1 unspecified atom stereocenters. The zero-order valence-electron chi connectivity index (χ0n) is 16.1.